The van der Waals surface area contributed by atoms with Gasteiger partial charge < -0.3 is 15.2 Å². The minimum atomic E-state index is -1.13. The average Bonchev–Trinajstić information content (AvgIpc) is 2.36. The molecule has 1 aliphatic rings. The zero-order valence-electron chi connectivity index (χ0n) is 12.1. The molecule has 0 spiro atoms. The molecule has 0 aromatic heterocycles. The van der Waals surface area contributed by atoms with Crippen LogP contribution in [0.4, 0.5) is 0 Å². The lowest BCUT2D eigenvalue weighted by atomic mass is 9.87. The van der Waals surface area contributed by atoms with Crippen LogP contribution in [0.3, 0.4) is 0 Å². The Kier molecular flexibility index (Phi) is 5.79. The molecule has 19 heavy (non-hydrogen) atoms. The Bertz CT molecular complexity index is 321. The van der Waals surface area contributed by atoms with Gasteiger partial charge in [0.1, 0.15) is 5.54 Å². The van der Waals surface area contributed by atoms with Gasteiger partial charge in [0, 0.05) is 32.5 Å². The van der Waals surface area contributed by atoms with Crippen molar-refractivity contribution >= 4 is 11.9 Å². The maximum atomic E-state index is 12.1. The number of rotatable bonds is 6. The van der Waals surface area contributed by atoms with E-state index in [0.29, 0.717) is 44.3 Å². The minimum absolute atomic E-state index is 0.162. The van der Waals surface area contributed by atoms with Crippen molar-refractivity contribution in [2.24, 2.45) is 11.8 Å². The zero-order chi connectivity index (χ0) is 14.5. The summed E-state index contributed by atoms with van der Waals surface area (Å²) in [6.45, 7) is 6.99. The molecule has 1 fully saturated rings. The summed E-state index contributed by atoms with van der Waals surface area (Å²) in [7, 11) is 0. The summed E-state index contributed by atoms with van der Waals surface area (Å²) in [5.41, 5.74) is -1.13. The SMILES string of the molecule is CCC(CC(=O)NC1(C(=O)O)CCOCC1)C(C)C. The third-order valence-electron chi connectivity index (χ3n) is 4.05. The lowest BCUT2D eigenvalue weighted by Crippen LogP contribution is -2.57. The zero-order valence-corrected chi connectivity index (χ0v) is 12.1. The van der Waals surface area contributed by atoms with Gasteiger partial charge in [-0.3, -0.25) is 4.79 Å². The van der Waals surface area contributed by atoms with Crippen LogP contribution < -0.4 is 5.32 Å². The fourth-order valence-corrected chi connectivity index (χ4v) is 2.52. The Labute approximate surface area is 114 Å². The topological polar surface area (TPSA) is 75.6 Å². The molecule has 0 aliphatic carbocycles. The van der Waals surface area contributed by atoms with E-state index in [4.69, 9.17) is 4.74 Å². The molecule has 1 heterocycles. The second kappa shape index (κ2) is 6.89. The molecular weight excluding hydrogens is 246 g/mol. The van der Waals surface area contributed by atoms with E-state index in [0.717, 1.165) is 6.42 Å². The van der Waals surface area contributed by atoms with E-state index >= 15 is 0 Å². The molecule has 1 atom stereocenters. The largest absolute Gasteiger partial charge is 0.480 e. The Morgan fingerprint density at radius 2 is 1.89 bits per heavy atom. The summed E-state index contributed by atoms with van der Waals surface area (Å²) in [6, 6.07) is 0. The molecular formula is C14H25NO4. The smallest absolute Gasteiger partial charge is 0.329 e. The van der Waals surface area contributed by atoms with Crippen LogP contribution in [0.5, 0.6) is 0 Å². The molecule has 5 nitrogen and oxygen atoms in total. The second-order valence-electron chi connectivity index (χ2n) is 5.66. The van der Waals surface area contributed by atoms with Crippen LogP contribution in [-0.4, -0.2) is 35.7 Å². The third-order valence-corrected chi connectivity index (χ3v) is 4.05. The van der Waals surface area contributed by atoms with Crippen LogP contribution in [0.25, 0.3) is 0 Å². The highest BCUT2D eigenvalue weighted by Gasteiger charge is 2.41. The monoisotopic (exact) mass is 271 g/mol. The Morgan fingerprint density at radius 3 is 2.32 bits per heavy atom. The standard InChI is InChI=1S/C14H25NO4/c1-4-11(10(2)3)9-12(16)15-14(13(17)18)5-7-19-8-6-14/h10-11H,4-9H2,1-3H3,(H,15,16)(H,17,18). The van der Waals surface area contributed by atoms with Gasteiger partial charge in [-0.1, -0.05) is 27.2 Å². The first-order valence-corrected chi connectivity index (χ1v) is 7.03. The fourth-order valence-electron chi connectivity index (χ4n) is 2.52. The molecule has 1 unspecified atom stereocenters. The maximum Gasteiger partial charge on any atom is 0.329 e. The van der Waals surface area contributed by atoms with Crippen molar-refractivity contribution in [1.82, 2.24) is 5.32 Å². The first kappa shape index (κ1) is 16.0. The van der Waals surface area contributed by atoms with Crippen molar-refractivity contribution in [2.45, 2.75) is 52.0 Å². The van der Waals surface area contributed by atoms with Crippen LogP contribution in [0, 0.1) is 11.8 Å². The second-order valence-corrected chi connectivity index (χ2v) is 5.66. The molecule has 1 aliphatic heterocycles. The first-order valence-electron chi connectivity index (χ1n) is 7.03. The predicted octanol–water partition coefficient (Wildman–Crippen LogP) is 1.81. The van der Waals surface area contributed by atoms with Crippen LogP contribution in [0.1, 0.15) is 46.5 Å². The molecule has 5 heteroatoms. The van der Waals surface area contributed by atoms with E-state index < -0.39 is 11.5 Å². The van der Waals surface area contributed by atoms with Crippen molar-refractivity contribution in [3.8, 4) is 0 Å². The van der Waals surface area contributed by atoms with Gasteiger partial charge >= 0.3 is 5.97 Å². The van der Waals surface area contributed by atoms with Crippen LogP contribution in [-0.2, 0) is 14.3 Å². The number of nitrogens with one attached hydrogen (secondary N) is 1. The fraction of sp³-hybridized carbons (Fsp3) is 0.857. The van der Waals surface area contributed by atoms with Gasteiger partial charge in [0.15, 0.2) is 0 Å². The molecule has 110 valence electrons. The first-order chi connectivity index (χ1) is 8.91. The predicted molar refractivity (Wildman–Crippen MR) is 71.8 cm³/mol. The molecule has 0 radical (unpaired) electrons. The maximum absolute atomic E-state index is 12.1. The number of carboxylic acids is 1. The normalized spacial score (nSPS) is 20.0. The van der Waals surface area contributed by atoms with Gasteiger partial charge in [0.05, 0.1) is 0 Å². The lowest BCUT2D eigenvalue weighted by Gasteiger charge is -2.34. The number of hydrogen-bond donors (Lipinski definition) is 2. The molecule has 0 saturated carbocycles. The highest BCUT2D eigenvalue weighted by Crippen LogP contribution is 2.23. The van der Waals surface area contributed by atoms with Crippen molar-refractivity contribution in [3.05, 3.63) is 0 Å². The van der Waals surface area contributed by atoms with Crippen molar-refractivity contribution < 1.29 is 19.4 Å². The molecule has 1 rings (SSSR count). The van der Waals surface area contributed by atoms with Crippen LogP contribution in [0.15, 0.2) is 0 Å². The van der Waals surface area contributed by atoms with Gasteiger partial charge in [-0.25, -0.2) is 4.79 Å². The molecule has 0 bridgehead atoms. The Hall–Kier alpha value is -1.10. The van der Waals surface area contributed by atoms with Crippen molar-refractivity contribution in [3.63, 3.8) is 0 Å². The number of aliphatic carboxylic acids is 1. The average molecular weight is 271 g/mol. The molecule has 0 aromatic carbocycles. The number of carbonyl (C=O) groups excluding carboxylic acids is 1. The summed E-state index contributed by atoms with van der Waals surface area (Å²) in [4.78, 5) is 23.5. The van der Waals surface area contributed by atoms with Gasteiger partial charge in [-0.05, 0) is 11.8 Å². The van der Waals surface area contributed by atoms with E-state index in [1.165, 1.54) is 0 Å². The number of ether oxygens (including phenoxy) is 1. The quantitative estimate of drug-likeness (QED) is 0.772. The molecule has 1 saturated heterocycles. The van der Waals surface area contributed by atoms with E-state index in [2.05, 4.69) is 26.1 Å². The van der Waals surface area contributed by atoms with Gasteiger partial charge in [0.2, 0.25) is 5.91 Å². The minimum Gasteiger partial charge on any atom is -0.480 e. The Balaban J connectivity index is 2.64. The van der Waals surface area contributed by atoms with E-state index in [-0.39, 0.29) is 5.91 Å². The number of hydrogen-bond acceptors (Lipinski definition) is 3. The lowest BCUT2D eigenvalue weighted by molar-refractivity contribution is -0.152. The number of amides is 1. The van der Waals surface area contributed by atoms with E-state index in [9.17, 15) is 14.7 Å². The highest BCUT2D eigenvalue weighted by atomic mass is 16.5. The van der Waals surface area contributed by atoms with Gasteiger partial charge in [-0.15, -0.1) is 0 Å². The van der Waals surface area contributed by atoms with Gasteiger partial charge in [-0.2, -0.15) is 0 Å². The summed E-state index contributed by atoms with van der Waals surface area (Å²) in [5, 5.41) is 12.1. The molecule has 0 aromatic rings. The molecule has 2 N–H and O–H groups in total. The third kappa shape index (κ3) is 4.20. The van der Waals surface area contributed by atoms with E-state index in [1.807, 2.05) is 0 Å². The summed E-state index contributed by atoms with van der Waals surface area (Å²) in [6.07, 6.45) is 2.00. The Morgan fingerprint density at radius 1 is 1.32 bits per heavy atom. The molecule has 1 amide bonds. The summed E-state index contributed by atoms with van der Waals surface area (Å²) >= 11 is 0. The van der Waals surface area contributed by atoms with Crippen molar-refractivity contribution in [2.75, 3.05) is 13.2 Å². The summed E-state index contributed by atoms with van der Waals surface area (Å²) < 4.78 is 5.18. The highest BCUT2D eigenvalue weighted by molar-refractivity contribution is 5.87. The van der Waals surface area contributed by atoms with E-state index in [1.54, 1.807) is 0 Å². The van der Waals surface area contributed by atoms with Gasteiger partial charge in [0.25, 0.3) is 0 Å². The summed E-state index contributed by atoms with van der Waals surface area (Å²) in [5.74, 6) is -0.400. The van der Waals surface area contributed by atoms with Crippen molar-refractivity contribution in [1.29, 1.82) is 0 Å². The number of carbonyl (C=O) groups is 2. The van der Waals surface area contributed by atoms with Crippen LogP contribution in [0.2, 0.25) is 0 Å². The van der Waals surface area contributed by atoms with Crippen LogP contribution >= 0.6 is 0 Å². The number of carboxylic acid groups (broad SMARTS) is 1.